The molecule has 0 radical (unpaired) electrons. The molecule has 1 heterocycles. The molecule has 0 bridgehead atoms. The van der Waals surface area contributed by atoms with Crippen LogP contribution in [-0.4, -0.2) is 49.9 Å². The number of methoxy groups -OCH3 is 1. The molecule has 1 unspecified atom stereocenters. The van der Waals surface area contributed by atoms with Crippen molar-refractivity contribution >= 4 is 10.0 Å². The van der Waals surface area contributed by atoms with Crippen LogP contribution in [-0.2, 0) is 19.5 Å². The maximum atomic E-state index is 13.3. The highest BCUT2D eigenvalue weighted by molar-refractivity contribution is 7.90. The molecule has 0 aromatic carbocycles. The van der Waals surface area contributed by atoms with Crippen LogP contribution in [0.2, 0.25) is 0 Å². The van der Waals surface area contributed by atoms with Crippen molar-refractivity contribution in [3.63, 3.8) is 0 Å². The monoisotopic (exact) mass is 341 g/mol. The van der Waals surface area contributed by atoms with Crippen molar-refractivity contribution in [3.05, 3.63) is 35.1 Å². The average molecular weight is 341 g/mol. The fourth-order valence-electron chi connectivity index (χ4n) is 2.92. The number of sulfonamides is 1. The van der Waals surface area contributed by atoms with Crippen molar-refractivity contribution in [3.8, 4) is 0 Å². The third-order valence-corrected chi connectivity index (χ3v) is 6.52. The van der Waals surface area contributed by atoms with Gasteiger partial charge in [-0.05, 0) is 57.9 Å². The molecule has 2 rings (SSSR count). The smallest absolute Gasteiger partial charge is 0.224 e. The number of hydrogen-bond donors (Lipinski definition) is 0. The Labute approximate surface area is 139 Å². The highest BCUT2D eigenvalue weighted by Crippen LogP contribution is 2.30. The Morgan fingerprint density at radius 1 is 1.30 bits per heavy atom. The second-order valence-corrected chi connectivity index (χ2v) is 8.99. The lowest BCUT2D eigenvalue weighted by atomic mass is 10.1. The molecule has 2 atom stereocenters. The number of hydrogen-bond acceptors (Lipinski definition) is 4. The van der Waals surface area contributed by atoms with Crippen LogP contribution in [0.3, 0.4) is 0 Å². The minimum Gasteiger partial charge on any atom is -0.497 e. The lowest BCUT2D eigenvalue weighted by molar-refractivity contribution is -0.0849. The van der Waals surface area contributed by atoms with E-state index in [1.54, 1.807) is 23.6 Å². The third-order valence-electron chi connectivity index (χ3n) is 4.23. The van der Waals surface area contributed by atoms with Gasteiger partial charge in [-0.25, -0.2) is 8.42 Å². The van der Waals surface area contributed by atoms with Crippen molar-refractivity contribution in [2.75, 3.05) is 20.3 Å². The van der Waals surface area contributed by atoms with E-state index in [-0.39, 0.29) is 6.04 Å². The Hall–Kier alpha value is -1.11. The lowest BCUT2D eigenvalue weighted by Crippen LogP contribution is -2.56. The highest BCUT2D eigenvalue weighted by atomic mass is 32.2. The highest BCUT2D eigenvalue weighted by Gasteiger charge is 2.42. The molecule has 0 N–H and O–H groups in total. The largest absolute Gasteiger partial charge is 0.497 e. The third kappa shape index (κ3) is 3.87. The van der Waals surface area contributed by atoms with E-state index in [2.05, 4.69) is 0 Å². The van der Waals surface area contributed by atoms with Gasteiger partial charge in [0.15, 0.2) is 0 Å². The summed E-state index contributed by atoms with van der Waals surface area (Å²) < 4.78 is 39.1. The molecule has 5 nitrogen and oxygen atoms in total. The minimum atomic E-state index is -3.52. The van der Waals surface area contributed by atoms with E-state index >= 15 is 0 Å². The predicted molar refractivity (Wildman–Crippen MR) is 91.5 cm³/mol. The van der Waals surface area contributed by atoms with Crippen molar-refractivity contribution < 1.29 is 17.9 Å². The minimum absolute atomic E-state index is 0.173. The molecule has 1 fully saturated rings. The first-order valence-electron chi connectivity index (χ1n) is 7.84. The summed E-state index contributed by atoms with van der Waals surface area (Å²) in [6.45, 7) is 10.2. The number of rotatable bonds is 3. The second-order valence-electron chi connectivity index (χ2n) is 6.98. The van der Waals surface area contributed by atoms with Crippen LogP contribution in [0.25, 0.3) is 0 Å². The van der Waals surface area contributed by atoms with E-state index < -0.39 is 20.9 Å². The van der Waals surface area contributed by atoms with E-state index in [1.165, 1.54) is 0 Å². The molecule has 1 aliphatic carbocycles. The SMILES string of the molecule is COC1=CC(C)=CC(S(=O)(=O)N2CC(C)(C)OC[C@H]2C)C(C)=C1. The molecule has 1 saturated heterocycles. The summed E-state index contributed by atoms with van der Waals surface area (Å²) in [7, 11) is -1.94. The van der Waals surface area contributed by atoms with Gasteiger partial charge in [0, 0.05) is 12.6 Å². The molecular formula is C17H27NO4S. The van der Waals surface area contributed by atoms with E-state index in [0.29, 0.717) is 18.9 Å². The normalized spacial score (nSPS) is 29.2. The van der Waals surface area contributed by atoms with Gasteiger partial charge in [-0.1, -0.05) is 6.08 Å². The topological polar surface area (TPSA) is 55.8 Å². The Balaban J connectivity index is 2.41. The van der Waals surface area contributed by atoms with Crippen molar-refractivity contribution in [1.82, 2.24) is 4.31 Å². The number of nitrogens with zero attached hydrogens (tertiary/aromatic N) is 1. The summed E-state index contributed by atoms with van der Waals surface area (Å²) in [6, 6.07) is -0.173. The predicted octanol–water partition coefficient (Wildman–Crippen LogP) is 2.62. The van der Waals surface area contributed by atoms with Crippen LogP contribution in [0.4, 0.5) is 0 Å². The first-order chi connectivity index (χ1) is 10.6. The van der Waals surface area contributed by atoms with Crippen molar-refractivity contribution in [2.45, 2.75) is 51.5 Å². The Bertz CT molecular complexity index is 658. The van der Waals surface area contributed by atoms with Gasteiger partial charge in [-0.15, -0.1) is 0 Å². The summed E-state index contributed by atoms with van der Waals surface area (Å²) in [5, 5.41) is -0.678. The summed E-state index contributed by atoms with van der Waals surface area (Å²) in [5.41, 5.74) is 1.16. The number of ether oxygens (including phenoxy) is 2. The molecule has 0 aromatic heterocycles. The number of allylic oxidation sites excluding steroid dienone is 3. The Kier molecular flexibility index (Phi) is 5.09. The van der Waals surface area contributed by atoms with Gasteiger partial charge in [-0.2, -0.15) is 4.31 Å². The lowest BCUT2D eigenvalue weighted by Gasteiger charge is -2.42. The first-order valence-corrected chi connectivity index (χ1v) is 9.34. The summed E-state index contributed by atoms with van der Waals surface area (Å²) in [4.78, 5) is 0. The van der Waals surface area contributed by atoms with Crippen LogP contribution >= 0.6 is 0 Å². The molecule has 130 valence electrons. The molecule has 1 aliphatic heterocycles. The molecule has 23 heavy (non-hydrogen) atoms. The first kappa shape index (κ1) is 18.2. The van der Waals surface area contributed by atoms with Gasteiger partial charge >= 0.3 is 0 Å². The van der Waals surface area contributed by atoms with Crippen LogP contribution in [0.5, 0.6) is 0 Å². The van der Waals surface area contributed by atoms with Gasteiger partial charge < -0.3 is 9.47 Å². The van der Waals surface area contributed by atoms with E-state index in [4.69, 9.17) is 9.47 Å². The molecule has 6 heteroatoms. The zero-order chi connectivity index (χ0) is 17.4. The van der Waals surface area contributed by atoms with E-state index in [0.717, 1.165) is 11.1 Å². The van der Waals surface area contributed by atoms with Crippen molar-refractivity contribution in [1.29, 1.82) is 0 Å². The molecule has 0 saturated carbocycles. The van der Waals surface area contributed by atoms with Gasteiger partial charge in [0.25, 0.3) is 0 Å². The summed E-state index contributed by atoms with van der Waals surface area (Å²) in [6.07, 6.45) is 5.44. The van der Waals surface area contributed by atoms with Gasteiger partial charge in [0.1, 0.15) is 11.0 Å². The standard InChI is InChI=1S/C17H27NO4S/c1-12-7-15(21-6)9-13(2)16(8-12)23(19,20)18-11-17(4,5)22-10-14(18)3/h7-9,14,16H,10-11H2,1-6H3/t14-,16?/m1/s1. The summed E-state index contributed by atoms with van der Waals surface area (Å²) in [5.74, 6) is 0.671. The van der Waals surface area contributed by atoms with Gasteiger partial charge in [0.2, 0.25) is 10.0 Å². The molecule has 0 aromatic rings. The maximum absolute atomic E-state index is 13.3. The van der Waals surface area contributed by atoms with Crippen molar-refractivity contribution in [2.24, 2.45) is 0 Å². The fourth-order valence-corrected chi connectivity index (χ4v) is 5.19. The van der Waals surface area contributed by atoms with Crippen LogP contribution in [0, 0.1) is 0 Å². The molecule has 0 amide bonds. The maximum Gasteiger partial charge on any atom is 0.224 e. The number of morpholine rings is 1. The Morgan fingerprint density at radius 3 is 2.57 bits per heavy atom. The second kappa shape index (κ2) is 6.42. The van der Waals surface area contributed by atoms with E-state index in [9.17, 15) is 8.42 Å². The molecule has 2 aliphatic rings. The van der Waals surface area contributed by atoms with Gasteiger partial charge in [-0.3, -0.25) is 0 Å². The fraction of sp³-hybridized carbons (Fsp3) is 0.647. The van der Waals surface area contributed by atoms with Crippen LogP contribution in [0.1, 0.15) is 34.6 Å². The van der Waals surface area contributed by atoms with Gasteiger partial charge in [0.05, 0.1) is 19.3 Å². The Morgan fingerprint density at radius 2 is 1.96 bits per heavy atom. The summed E-state index contributed by atoms with van der Waals surface area (Å²) >= 11 is 0. The van der Waals surface area contributed by atoms with Crippen LogP contribution in [0.15, 0.2) is 35.1 Å². The van der Waals surface area contributed by atoms with Crippen LogP contribution < -0.4 is 0 Å². The van der Waals surface area contributed by atoms with E-state index in [1.807, 2.05) is 40.7 Å². The quantitative estimate of drug-likeness (QED) is 0.792. The average Bonchev–Trinajstić information content (AvgIpc) is 2.60. The molecular weight excluding hydrogens is 314 g/mol. The zero-order valence-corrected chi connectivity index (χ0v) is 15.6. The zero-order valence-electron chi connectivity index (χ0n) is 14.8. The molecule has 0 spiro atoms.